The maximum atomic E-state index is 12.6. The van der Waals surface area contributed by atoms with Crippen molar-refractivity contribution in [3.8, 4) is 11.5 Å². The van der Waals surface area contributed by atoms with Crippen LogP contribution in [0, 0.1) is 0 Å². The highest BCUT2D eigenvalue weighted by Gasteiger charge is 2.52. The van der Waals surface area contributed by atoms with Gasteiger partial charge in [-0.05, 0) is 17.7 Å². The Labute approximate surface area is 151 Å². The highest BCUT2D eigenvalue weighted by atomic mass is 16.6. The summed E-state index contributed by atoms with van der Waals surface area (Å²) in [5.74, 6) is 1.41. The molecule has 0 spiro atoms. The minimum atomic E-state index is -0.278. The van der Waals surface area contributed by atoms with E-state index >= 15 is 0 Å². The first-order chi connectivity index (χ1) is 12.8. The van der Waals surface area contributed by atoms with E-state index in [1.807, 2.05) is 59.5 Å². The lowest BCUT2D eigenvalue weighted by Gasteiger charge is -2.40. The zero-order valence-corrected chi connectivity index (χ0v) is 14.2. The van der Waals surface area contributed by atoms with E-state index in [4.69, 9.17) is 14.2 Å². The predicted octanol–water partition coefficient (Wildman–Crippen LogP) is 2.19. The molecule has 2 fully saturated rings. The number of fused-ring (bicyclic) bond motifs is 4. The van der Waals surface area contributed by atoms with Crippen LogP contribution in [-0.2, 0) is 11.3 Å². The normalized spacial score (nSPS) is 29.4. The van der Waals surface area contributed by atoms with Gasteiger partial charge in [0.2, 0.25) is 0 Å². The van der Waals surface area contributed by atoms with Crippen molar-refractivity contribution in [2.24, 2.45) is 0 Å². The van der Waals surface area contributed by atoms with Crippen LogP contribution >= 0.6 is 0 Å². The molecule has 6 heteroatoms. The van der Waals surface area contributed by atoms with Gasteiger partial charge in [0.25, 0.3) is 0 Å². The number of amides is 2. The van der Waals surface area contributed by atoms with Crippen LogP contribution in [0.2, 0.25) is 0 Å². The van der Waals surface area contributed by atoms with Crippen molar-refractivity contribution in [2.45, 2.75) is 30.8 Å². The number of carbonyl (C=O) groups excluding carboxylic acids is 1. The molecular weight excluding hydrogens is 332 g/mol. The Morgan fingerprint density at radius 1 is 1.00 bits per heavy atom. The molecule has 134 valence electrons. The van der Waals surface area contributed by atoms with E-state index in [-0.39, 0.29) is 30.3 Å². The van der Waals surface area contributed by atoms with Gasteiger partial charge in [-0.3, -0.25) is 0 Å². The van der Waals surface area contributed by atoms with Crippen molar-refractivity contribution in [1.29, 1.82) is 0 Å². The molecule has 5 rings (SSSR count). The van der Waals surface area contributed by atoms with Gasteiger partial charge in [-0.1, -0.05) is 42.5 Å². The van der Waals surface area contributed by atoms with Gasteiger partial charge < -0.3 is 24.4 Å². The molecule has 2 amide bonds. The number of hydrogen-bond acceptors (Lipinski definition) is 4. The molecule has 2 aromatic rings. The van der Waals surface area contributed by atoms with Gasteiger partial charge >= 0.3 is 6.03 Å². The number of hydrogen-bond donors (Lipinski definition) is 1. The molecular formula is C20H20N2O4. The van der Waals surface area contributed by atoms with Crippen molar-refractivity contribution in [1.82, 2.24) is 10.2 Å². The number of nitrogens with one attached hydrogen (secondary N) is 1. The van der Waals surface area contributed by atoms with E-state index in [9.17, 15) is 4.79 Å². The van der Waals surface area contributed by atoms with Crippen molar-refractivity contribution in [2.75, 3.05) is 13.2 Å². The van der Waals surface area contributed by atoms with E-state index in [1.165, 1.54) is 0 Å². The fourth-order valence-corrected chi connectivity index (χ4v) is 4.00. The van der Waals surface area contributed by atoms with Crippen molar-refractivity contribution in [3.05, 3.63) is 60.2 Å². The maximum Gasteiger partial charge on any atom is 0.318 e. The SMILES string of the molecule is O=C1NC2COC3COc4ccccc4OC3C2N1Cc1ccccc1. The second-order valence-electron chi connectivity index (χ2n) is 6.87. The quantitative estimate of drug-likeness (QED) is 0.900. The van der Waals surface area contributed by atoms with Crippen molar-refractivity contribution >= 4 is 6.03 Å². The number of benzene rings is 2. The zero-order valence-electron chi connectivity index (χ0n) is 14.2. The summed E-state index contributed by atoms with van der Waals surface area (Å²) in [5, 5.41) is 3.04. The molecule has 2 aromatic carbocycles. The number of urea groups is 1. The third-order valence-corrected chi connectivity index (χ3v) is 5.25. The van der Waals surface area contributed by atoms with E-state index in [0.29, 0.717) is 31.3 Å². The fourth-order valence-electron chi connectivity index (χ4n) is 4.00. The molecule has 0 saturated carbocycles. The summed E-state index contributed by atoms with van der Waals surface area (Å²) in [6.07, 6.45) is -0.491. The second-order valence-corrected chi connectivity index (χ2v) is 6.87. The molecule has 6 nitrogen and oxygen atoms in total. The summed E-state index contributed by atoms with van der Waals surface area (Å²) in [6, 6.07) is 17.4. The smallest absolute Gasteiger partial charge is 0.318 e. The van der Waals surface area contributed by atoms with E-state index < -0.39 is 0 Å². The third kappa shape index (κ3) is 2.57. The van der Waals surface area contributed by atoms with Gasteiger partial charge in [0, 0.05) is 6.54 Å². The summed E-state index contributed by atoms with van der Waals surface area (Å²) >= 11 is 0. The van der Waals surface area contributed by atoms with Crippen LogP contribution in [-0.4, -0.2) is 48.4 Å². The van der Waals surface area contributed by atoms with Gasteiger partial charge in [-0.15, -0.1) is 0 Å². The Balaban J connectivity index is 1.47. The number of rotatable bonds is 2. The largest absolute Gasteiger partial charge is 0.487 e. The summed E-state index contributed by atoms with van der Waals surface area (Å²) in [4.78, 5) is 14.5. The van der Waals surface area contributed by atoms with Gasteiger partial charge in [-0.2, -0.15) is 0 Å². The Morgan fingerprint density at radius 2 is 1.77 bits per heavy atom. The molecule has 2 saturated heterocycles. The molecule has 4 atom stereocenters. The highest BCUT2D eigenvalue weighted by molar-refractivity contribution is 5.78. The first-order valence-electron chi connectivity index (χ1n) is 8.91. The summed E-state index contributed by atoms with van der Waals surface area (Å²) < 4.78 is 18.1. The average Bonchev–Trinajstić information content (AvgIpc) is 2.87. The van der Waals surface area contributed by atoms with Crippen LogP contribution < -0.4 is 14.8 Å². The fraction of sp³-hybridized carbons (Fsp3) is 0.350. The Hall–Kier alpha value is -2.73. The zero-order chi connectivity index (χ0) is 17.5. The van der Waals surface area contributed by atoms with Gasteiger partial charge in [0.05, 0.1) is 18.7 Å². The molecule has 3 aliphatic heterocycles. The van der Waals surface area contributed by atoms with Crippen LogP contribution in [0.15, 0.2) is 54.6 Å². The van der Waals surface area contributed by atoms with Gasteiger partial charge in [0.1, 0.15) is 12.7 Å². The molecule has 0 aliphatic carbocycles. The molecule has 1 N–H and O–H groups in total. The van der Waals surface area contributed by atoms with Crippen LogP contribution in [0.3, 0.4) is 0 Å². The van der Waals surface area contributed by atoms with Gasteiger partial charge in [-0.25, -0.2) is 4.79 Å². The first kappa shape index (κ1) is 15.5. The van der Waals surface area contributed by atoms with Crippen molar-refractivity contribution in [3.63, 3.8) is 0 Å². The monoisotopic (exact) mass is 352 g/mol. The number of para-hydroxylation sites is 2. The summed E-state index contributed by atoms with van der Waals surface area (Å²) in [6.45, 7) is 1.42. The molecule has 4 unspecified atom stereocenters. The van der Waals surface area contributed by atoms with E-state index in [0.717, 1.165) is 5.56 Å². The van der Waals surface area contributed by atoms with Gasteiger partial charge in [0.15, 0.2) is 17.6 Å². The molecule has 0 bridgehead atoms. The van der Waals surface area contributed by atoms with Crippen LogP contribution in [0.4, 0.5) is 4.79 Å². The number of ether oxygens (including phenoxy) is 3. The first-order valence-corrected chi connectivity index (χ1v) is 8.91. The van der Waals surface area contributed by atoms with Crippen molar-refractivity contribution < 1.29 is 19.0 Å². The molecule has 3 heterocycles. The topological polar surface area (TPSA) is 60.0 Å². The van der Waals surface area contributed by atoms with Crippen LogP contribution in [0.1, 0.15) is 5.56 Å². The summed E-state index contributed by atoms with van der Waals surface area (Å²) in [7, 11) is 0. The van der Waals surface area contributed by atoms with Crippen LogP contribution in [0.5, 0.6) is 11.5 Å². The highest BCUT2D eigenvalue weighted by Crippen LogP contribution is 2.36. The lowest BCUT2D eigenvalue weighted by molar-refractivity contribution is -0.106. The second kappa shape index (κ2) is 6.21. The Morgan fingerprint density at radius 3 is 2.62 bits per heavy atom. The standard InChI is InChI=1S/C20H20N2O4/c23-20-21-14-11-24-17-12-25-15-8-4-5-9-16(15)26-19(17)18(14)22(20)10-13-6-2-1-3-7-13/h1-9,14,17-19H,10-12H2,(H,21,23). The minimum Gasteiger partial charge on any atom is -0.487 e. The number of carbonyl (C=O) groups is 1. The third-order valence-electron chi connectivity index (χ3n) is 5.25. The molecule has 0 radical (unpaired) electrons. The number of nitrogens with zero attached hydrogens (tertiary/aromatic N) is 1. The lowest BCUT2D eigenvalue weighted by Crippen LogP contribution is -2.60. The average molecular weight is 352 g/mol. The Kier molecular flexibility index (Phi) is 3.71. The lowest BCUT2D eigenvalue weighted by atomic mass is 9.95. The minimum absolute atomic E-state index is 0.0739. The molecule has 26 heavy (non-hydrogen) atoms. The molecule has 0 aromatic heterocycles. The van der Waals surface area contributed by atoms with E-state index in [2.05, 4.69) is 5.32 Å². The predicted molar refractivity (Wildman–Crippen MR) is 94.2 cm³/mol. The maximum absolute atomic E-state index is 12.6. The molecule has 3 aliphatic rings. The Bertz CT molecular complexity index is 812. The van der Waals surface area contributed by atoms with Crippen LogP contribution in [0.25, 0.3) is 0 Å². The summed E-state index contributed by atoms with van der Waals surface area (Å²) in [5.41, 5.74) is 1.09. The van der Waals surface area contributed by atoms with E-state index in [1.54, 1.807) is 0 Å².